The number of anilines is 2. The molecule has 2 aromatic rings. The van der Waals surface area contributed by atoms with Gasteiger partial charge in [0, 0.05) is 11.9 Å². The van der Waals surface area contributed by atoms with Gasteiger partial charge in [-0.25, -0.2) is 0 Å². The van der Waals surface area contributed by atoms with E-state index >= 15 is 0 Å². The molecule has 0 aliphatic carbocycles. The van der Waals surface area contributed by atoms with E-state index < -0.39 is 0 Å². The van der Waals surface area contributed by atoms with Gasteiger partial charge in [-0.2, -0.15) is 0 Å². The zero-order chi connectivity index (χ0) is 10.8. The van der Waals surface area contributed by atoms with Crippen LogP contribution in [0.2, 0.25) is 5.02 Å². The molecule has 4 heteroatoms. The third-order valence-corrected chi connectivity index (χ3v) is 3.67. The molecule has 3 N–H and O–H groups in total. The van der Waals surface area contributed by atoms with Crippen molar-refractivity contribution in [1.82, 2.24) is 6.15 Å². The number of halogens is 1. The summed E-state index contributed by atoms with van der Waals surface area (Å²) >= 11 is 7.91. The van der Waals surface area contributed by atoms with Gasteiger partial charge in [0.05, 0.1) is 15.7 Å². The number of benzene rings is 1. The molecule has 1 aromatic heterocycles. The highest BCUT2D eigenvalue weighted by atomic mass is 35.5. The van der Waals surface area contributed by atoms with Gasteiger partial charge in [-0.15, -0.1) is 11.3 Å². The molecule has 1 aromatic carbocycles. The van der Waals surface area contributed by atoms with E-state index in [9.17, 15) is 0 Å². The molecule has 0 saturated heterocycles. The zero-order valence-corrected chi connectivity index (χ0v) is 11.0. The minimum absolute atomic E-state index is 0. The smallest absolute Gasteiger partial charge is 0.0953 e. The second-order valence-electron chi connectivity index (χ2n) is 3.39. The van der Waals surface area contributed by atoms with Gasteiger partial charge in [0.25, 0.3) is 0 Å². The Kier molecular flexibility index (Phi) is 4.35. The van der Waals surface area contributed by atoms with Crippen molar-refractivity contribution in [1.29, 1.82) is 0 Å². The fraction of sp³-hybridized carbons (Fsp3) is 0.167. The average Bonchev–Trinajstić information content (AvgIpc) is 2.65. The van der Waals surface area contributed by atoms with Crippen LogP contribution in [0.3, 0.4) is 0 Å². The van der Waals surface area contributed by atoms with Crippen LogP contribution in [-0.2, 0) is 0 Å². The van der Waals surface area contributed by atoms with E-state index in [1.54, 1.807) is 11.3 Å². The minimum Gasteiger partial charge on any atom is -0.344 e. The van der Waals surface area contributed by atoms with Gasteiger partial charge in [0.15, 0.2) is 0 Å². The number of hydrogen-bond donors (Lipinski definition) is 1. The first-order valence-corrected chi connectivity index (χ1v) is 5.92. The fourth-order valence-corrected chi connectivity index (χ4v) is 2.54. The Labute approximate surface area is 105 Å². The number of rotatable bonds is 2. The van der Waals surface area contributed by atoms with Gasteiger partial charge < -0.3 is 11.1 Å². The first-order chi connectivity index (χ1) is 7.18. The van der Waals surface area contributed by atoms with Crippen LogP contribution >= 0.6 is 22.9 Å². The fourth-order valence-electron chi connectivity index (χ4n) is 1.44. The Morgan fingerprint density at radius 3 is 2.38 bits per heavy atom. The number of hydrogen-bond acceptors (Lipinski definition) is 3. The summed E-state index contributed by atoms with van der Waals surface area (Å²) in [6, 6.07) is 12.1. The molecular weight excluding hydrogens is 240 g/mol. The van der Waals surface area contributed by atoms with Crippen molar-refractivity contribution >= 4 is 33.6 Å². The van der Waals surface area contributed by atoms with Crippen molar-refractivity contribution in [3.05, 3.63) is 46.3 Å². The number of nitrogens with zero attached hydrogens (tertiary/aromatic N) is 1. The van der Waals surface area contributed by atoms with Crippen LogP contribution in [0.5, 0.6) is 0 Å². The molecule has 0 bridgehead atoms. The molecule has 86 valence electrons. The molecule has 2 rings (SSSR count). The molecule has 2 nitrogen and oxygen atoms in total. The lowest BCUT2D eigenvalue weighted by atomic mass is 10.3. The summed E-state index contributed by atoms with van der Waals surface area (Å²) < 4.78 is 0. The molecule has 0 radical (unpaired) electrons. The molecule has 16 heavy (non-hydrogen) atoms. The molecule has 0 amide bonds. The van der Waals surface area contributed by atoms with Gasteiger partial charge in [-0.05, 0) is 31.2 Å². The molecule has 0 fully saturated rings. The molecule has 0 saturated carbocycles. The largest absolute Gasteiger partial charge is 0.344 e. The third-order valence-electron chi connectivity index (χ3n) is 2.27. The predicted molar refractivity (Wildman–Crippen MR) is 73.6 cm³/mol. The standard InChI is InChI=1S/C12H12ClNS.H3N/c1-9-7-8-12(15-9)14(2)11-6-4-3-5-10(11)13;/h3-8H,1-2H3;1H3. The highest BCUT2D eigenvalue weighted by Crippen LogP contribution is 2.34. The van der Waals surface area contributed by atoms with Crippen LogP contribution in [0.15, 0.2) is 36.4 Å². The summed E-state index contributed by atoms with van der Waals surface area (Å²) in [5.41, 5.74) is 1.04. The van der Waals surface area contributed by atoms with Crippen LogP contribution in [0, 0.1) is 6.92 Å². The summed E-state index contributed by atoms with van der Waals surface area (Å²) in [5, 5.41) is 1.99. The third kappa shape index (κ3) is 2.55. The average molecular weight is 255 g/mol. The Morgan fingerprint density at radius 1 is 1.12 bits per heavy atom. The van der Waals surface area contributed by atoms with E-state index in [0.29, 0.717) is 0 Å². The SMILES string of the molecule is Cc1ccc(N(C)c2ccccc2Cl)s1.N. The Morgan fingerprint density at radius 2 is 1.81 bits per heavy atom. The maximum atomic E-state index is 6.14. The van der Waals surface area contributed by atoms with Gasteiger partial charge in [0.2, 0.25) is 0 Å². The topological polar surface area (TPSA) is 38.2 Å². The number of para-hydroxylation sites is 1. The Bertz CT molecular complexity index is 468. The van der Waals surface area contributed by atoms with Crippen molar-refractivity contribution < 1.29 is 0 Å². The lowest BCUT2D eigenvalue weighted by molar-refractivity contribution is 1.24. The van der Waals surface area contributed by atoms with Crippen molar-refractivity contribution in [2.75, 3.05) is 11.9 Å². The van der Waals surface area contributed by atoms with Crippen molar-refractivity contribution in [3.63, 3.8) is 0 Å². The molecule has 0 atom stereocenters. The van der Waals surface area contributed by atoms with Crippen LogP contribution in [0.25, 0.3) is 0 Å². The lowest BCUT2D eigenvalue weighted by Crippen LogP contribution is -2.07. The minimum atomic E-state index is 0. The maximum absolute atomic E-state index is 6.14. The Hall–Kier alpha value is -1.03. The number of aryl methyl sites for hydroxylation is 1. The second kappa shape index (κ2) is 5.34. The van der Waals surface area contributed by atoms with E-state index in [-0.39, 0.29) is 6.15 Å². The summed E-state index contributed by atoms with van der Waals surface area (Å²) in [4.78, 5) is 3.42. The van der Waals surface area contributed by atoms with E-state index in [0.717, 1.165) is 10.7 Å². The highest BCUT2D eigenvalue weighted by Gasteiger charge is 2.08. The summed E-state index contributed by atoms with van der Waals surface area (Å²) in [6.07, 6.45) is 0. The lowest BCUT2D eigenvalue weighted by Gasteiger charge is -2.18. The van der Waals surface area contributed by atoms with E-state index in [1.807, 2.05) is 31.3 Å². The summed E-state index contributed by atoms with van der Waals surface area (Å²) in [7, 11) is 2.03. The van der Waals surface area contributed by atoms with Crippen molar-refractivity contribution in [3.8, 4) is 0 Å². The monoisotopic (exact) mass is 254 g/mol. The van der Waals surface area contributed by atoms with Crippen LogP contribution < -0.4 is 11.1 Å². The van der Waals surface area contributed by atoms with Crippen LogP contribution in [0.4, 0.5) is 10.7 Å². The highest BCUT2D eigenvalue weighted by molar-refractivity contribution is 7.16. The second-order valence-corrected chi connectivity index (χ2v) is 5.07. The maximum Gasteiger partial charge on any atom is 0.0953 e. The summed E-state index contributed by atoms with van der Waals surface area (Å²) in [5.74, 6) is 0. The molecular formula is C12H15ClN2S. The van der Waals surface area contributed by atoms with Crippen LogP contribution in [-0.4, -0.2) is 7.05 Å². The molecule has 1 heterocycles. The molecule has 0 spiro atoms. The summed E-state index contributed by atoms with van der Waals surface area (Å²) in [6.45, 7) is 2.11. The van der Waals surface area contributed by atoms with Crippen molar-refractivity contribution in [2.45, 2.75) is 6.92 Å². The predicted octanol–water partition coefficient (Wildman–Crippen LogP) is 4.64. The first kappa shape index (κ1) is 13.0. The quantitative estimate of drug-likeness (QED) is 0.848. The molecule has 0 aliphatic rings. The van der Waals surface area contributed by atoms with Gasteiger partial charge >= 0.3 is 0 Å². The normalized spacial score (nSPS) is 9.69. The van der Waals surface area contributed by atoms with E-state index in [2.05, 4.69) is 24.0 Å². The van der Waals surface area contributed by atoms with Crippen molar-refractivity contribution in [2.24, 2.45) is 0 Å². The van der Waals surface area contributed by atoms with Gasteiger partial charge in [0.1, 0.15) is 0 Å². The van der Waals surface area contributed by atoms with Gasteiger partial charge in [-0.3, -0.25) is 0 Å². The zero-order valence-electron chi connectivity index (χ0n) is 9.40. The Balaban J connectivity index is 0.00000128. The number of thiophene rings is 1. The van der Waals surface area contributed by atoms with E-state index in [4.69, 9.17) is 11.6 Å². The first-order valence-electron chi connectivity index (χ1n) is 4.73. The molecule has 0 aliphatic heterocycles. The van der Waals surface area contributed by atoms with Crippen LogP contribution in [0.1, 0.15) is 4.88 Å². The molecule has 0 unspecified atom stereocenters. The van der Waals surface area contributed by atoms with Gasteiger partial charge in [-0.1, -0.05) is 23.7 Å². The van der Waals surface area contributed by atoms with E-state index in [1.165, 1.54) is 9.88 Å².